The summed E-state index contributed by atoms with van der Waals surface area (Å²) in [5.41, 5.74) is 2.30. The van der Waals surface area contributed by atoms with Gasteiger partial charge in [-0.2, -0.15) is 0 Å². The Hall–Kier alpha value is -1.59. The molecule has 0 radical (unpaired) electrons. The minimum atomic E-state index is 0.332. The standard InChI is InChI=1S/C16H22N4O/c1-21-13-7-9-19(11-13)16-14(10-17-12-5-6-12)20-8-3-2-4-15(20)18-16/h2-4,8,12-13,17H,5-7,9-11H2,1H3. The maximum absolute atomic E-state index is 5.49. The molecule has 2 aromatic rings. The predicted octanol–water partition coefficient (Wildman–Crippen LogP) is 1.81. The first-order chi connectivity index (χ1) is 10.3. The summed E-state index contributed by atoms with van der Waals surface area (Å²) in [6, 6.07) is 6.90. The van der Waals surface area contributed by atoms with Crippen LogP contribution in [0.25, 0.3) is 5.65 Å². The van der Waals surface area contributed by atoms with E-state index in [0.29, 0.717) is 12.1 Å². The first-order valence-corrected chi connectivity index (χ1v) is 7.82. The van der Waals surface area contributed by atoms with Crippen LogP contribution in [0.3, 0.4) is 0 Å². The maximum atomic E-state index is 5.49. The van der Waals surface area contributed by atoms with E-state index in [2.05, 4.69) is 32.9 Å². The van der Waals surface area contributed by atoms with Gasteiger partial charge in [-0.25, -0.2) is 4.98 Å². The van der Waals surface area contributed by atoms with Crippen molar-refractivity contribution in [1.82, 2.24) is 14.7 Å². The molecule has 2 aliphatic rings. The molecule has 1 atom stereocenters. The van der Waals surface area contributed by atoms with Crippen LogP contribution in [0.5, 0.6) is 0 Å². The summed E-state index contributed by atoms with van der Waals surface area (Å²) in [5.74, 6) is 1.12. The zero-order chi connectivity index (χ0) is 14.2. The molecule has 4 rings (SSSR count). The van der Waals surface area contributed by atoms with Gasteiger partial charge in [0.2, 0.25) is 0 Å². The van der Waals surface area contributed by atoms with Crippen molar-refractivity contribution in [2.24, 2.45) is 0 Å². The van der Waals surface area contributed by atoms with Gasteiger partial charge in [0.15, 0.2) is 5.82 Å². The third-order valence-electron chi connectivity index (χ3n) is 4.52. The second-order valence-corrected chi connectivity index (χ2v) is 6.06. The Morgan fingerprint density at radius 3 is 3.00 bits per heavy atom. The van der Waals surface area contributed by atoms with Gasteiger partial charge in [0.25, 0.3) is 0 Å². The Morgan fingerprint density at radius 1 is 1.33 bits per heavy atom. The molecular weight excluding hydrogens is 264 g/mol. The highest BCUT2D eigenvalue weighted by Crippen LogP contribution is 2.27. The number of methoxy groups -OCH3 is 1. The molecule has 1 N–H and O–H groups in total. The predicted molar refractivity (Wildman–Crippen MR) is 82.7 cm³/mol. The molecule has 1 aliphatic heterocycles. The Morgan fingerprint density at radius 2 is 2.24 bits per heavy atom. The highest BCUT2D eigenvalue weighted by molar-refractivity contribution is 5.56. The van der Waals surface area contributed by atoms with Gasteiger partial charge >= 0.3 is 0 Å². The molecule has 2 aromatic heterocycles. The van der Waals surface area contributed by atoms with Crippen LogP contribution in [0, 0.1) is 0 Å². The average molecular weight is 286 g/mol. The molecule has 112 valence electrons. The van der Waals surface area contributed by atoms with E-state index in [1.165, 1.54) is 18.5 Å². The van der Waals surface area contributed by atoms with Gasteiger partial charge in [-0.15, -0.1) is 0 Å². The number of anilines is 1. The summed E-state index contributed by atoms with van der Waals surface area (Å²) in [6.07, 6.45) is 6.14. The highest BCUT2D eigenvalue weighted by Gasteiger charge is 2.28. The van der Waals surface area contributed by atoms with Gasteiger partial charge in [0, 0.05) is 39.0 Å². The van der Waals surface area contributed by atoms with Crippen molar-refractivity contribution in [3.8, 4) is 0 Å². The van der Waals surface area contributed by atoms with Crippen LogP contribution < -0.4 is 10.2 Å². The van der Waals surface area contributed by atoms with Crippen molar-refractivity contribution in [2.45, 2.75) is 38.0 Å². The van der Waals surface area contributed by atoms with Crippen molar-refractivity contribution >= 4 is 11.5 Å². The summed E-state index contributed by atoms with van der Waals surface area (Å²) < 4.78 is 7.71. The summed E-state index contributed by atoms with van der Waals surface area (Å²) >= 11 is 0. The van der Waals surface area contributed by atoms with Gasteiger partial charge in [-0.1, -0.05) is 6.07 Å². The number of hydrogen-bond acceptors (Lipinski definition) is 4. The van der Waals surface area contributed by atoms with Crippen molar-refractivity contribution in [3.05, 3.63) is 30.1 Å². The SMILES string of the molecule is COC1CCN(c2nc3ccccn3c2CNC2CC2)C1. The Bertz CT molecular complexity index is 634. The van der Waals surface area contributed by atoms with Crippen LogP contribution in [0.4, 0.5) is 5.82 Å². The molecule has 1 unspecified atom stereocenters. The summed E-state index contributed by atoms with van der Waals surface area (Å²) in [6.45, 7) is 2.86. The molecule has 0 bridgehead atoms. The third-order valence-corrected chi connectivity index (χ3v) is 4.52. The highest BCUT2D eigenvalue weighted by atomic mass is 16.5. The zero-order valence-electron chi connectivity index (χ0n) is 12.5. The van der Waals surface area contributed by atoms with Crippen LogP contribution in [-0.2, 0) is 11.3 Å². The molecule has 0 spiro atoms. The van der Waals surface area contributed by atoms with Crippen molar-refractivity contribution in [2.75, 3.05) is 25.1 Å². The van der Waals surface area contributed by atoms with Crippen LogP contribution in [0.2, 0.25) is 0 Å². The number of rotatable bonds is 5. The number of nitrogens with one attached hydrogen (secondary N) is 1. The largest absolute Gasteiger partial charge is 0.380 e. The van der Waals surface area contributed by atoms with Gasteiger partial charge in [0.1, 0.15) is 5.65 Å². The molecule has 5 heteroatoms. The third kappa shape index (κ3) is 2.51. The molecule has 1 aliphatic carbocycles. The number of hydrogen-bond donors (Lipinski definition) is 1. The molecule has 0 amide bonds. The Kier molecular flexibility index (Phi) is 3.31. The van der Waals surface area contributed by atoms with E-state index < -0.39 is 0 Å². The van der Waals surface area contributed by atoms with Crippen molar-refractivity contribution < 1.29 is 4.74 Å². The molecule has 3 heterocycles. The van der Waals surface area contributed by atoms with Gasteiger partial charge in [-0.3, -0.25) is 0 Å². The average Bonchev–Trinajstić information content (AvgIpc) is 3.10. The quantitative estimate of drug-likeness (QED) is 0.910. The van der Waals surface area contributed by atoms with Crippen LogP contribution >= 0.6 is 0 Å². The fraction of sp³-hybridized carbons (Fsp3) is 0.562. The van der Waals surface area contributed by atoms with Crippen molar-refractivity contribution in [3.63, 3.8) is 0 Å². The van der Waals surface area contributed by atoms with E-state index in [0.717, 1.165) is 37.5 Å². The number of imidazole rings is 1. The Labute approximate surface area is 124 Å². The molecule has 1 saturated carbocycles. The lowest BCUT2D eigenvalue weighted by Crippen LogP contribution is -2.25. The second kappa shape index (κ2) is 5.31. The minimum Gasteiger partial charge on any atom is -0.380 e. The fourth-order valence-electron chi connectivity index (χ4n) is 3.09. The van der Waals surface area contributed by atoms with E-state index in [9.17, 15) is 0 Å². The normalized spacial score (nSPS) is 22.3. The van der Waals surface area contributed by atoms with Crippen LogP contribution in [0.15, 0.2) is 24.4 Å². The van der Waals surface area contributed by atoms with E-state index in [1.54, 1.807) is 7.11 Å². The van der Waals surface area contributed by atoms with Crippen molar-refractivity contribution in [1.29, 1.82) is 0 Å². The lowest BCUT2D eigenvalue weighted by Gasteiger charge is -2.17. The van der Waals surface area contributed by atoms with Crippen LogP contribution in [0.1, 0.15) is 25.0 Å². The number of aromatic nitrogens is 2. The zero-order valence-corrected chi connectivity index (χ0v) is 12.5. The van der Waals surface area contributed by atoms with E-state index in [1.807, 2.05) is 6.07 Å². The molecule has 5 nitrogen and oxygen atoms in total. The lowest BCUT2D eigenvalue weighted by molar-refractivity contribution is 0.121. The molecular formula is C16H22N4O. The smallest absolute Gasteiger partial charge is 0.152 e. The minimum absolute atomic E-state index is 0.332. The number of pyridine rings is 1. The second-order valence-electron chi connectivity index (χ2n) is 6.06. The number of nitrogens with zero attached hydrogens (tertiary/aromatic N) is 3. The molecule has 1 saturated heterocycles. The molecule has 2 fully saturated rings. The monoisotopic (exact) mass is 286 g/mol. The maximum Gasteiger partial charge on any atom is 0.152 e. The van der Waals surface area contributed by atoms with E-state index in [4.69, 9.17) is 9.72 Å². The number of ether oxygens (including phenoxy) is 1. The van der Waals surface area contributed by atoms with Crippen LogP contribution in [-0.4, -0.2) is 41.7 Å². The number of fused-ring (bicyclic) bond motifs is 1. The summed E-state index contributed by atoms with van der Waals surface area (Å²) in [5, 5.41) is 3.62. The summed E-state index contributed by atoms with van der Waals surface area (Å²) in [4.78, 5) is 7.22. The molecule has 21 heavy (non-hydrogen) atoms. The fourth-order valence-corrected chi connectivity index (χ4v) is 3.09. The first kappa shape index (κ1) is 13.1. The van der Waals surface area contributed by atoms with E-state index >= 15 is 0 Å². The molecule has 0 aromatic carbocycles. The first-order valence-electron chi connectivity index (χ1n) is 7.82. The van der Waals surface area contributed by atoms with Gasteiger partial charge < -0.3 is 19.4 Å². The Balaban J connectivity index is 1.67. The summed E-state index contributed by atoms with van der Waals surface area (Å²) in [7, 11) is 1.80. The topological polar surface area (TPSA) is 41.8 Å². The van der Waals surface area contributed by atoms with Gasteiger partial charge in [0.05, 0.1) is 11.8 Å². The van der Waals surface area contributed by atoms with E-state index in [-0.39, 0.29) is 0 Å². The van der Waals surface area contributed by atoms with Gasteiger partial charge in [-0.05, 0) is 31.4 Å². The lowest BCUT2D eigenvalue weighted by atomic mass is 10.3.